The van der Waals surface area contributed by atoms with Crippen molar-refractivity contribution >= 4 is 29.3 Å². The summed E-state index contributed by atoms with van der Waals surface area (Å²) in [6.07, 6.45) is 2.58. The van der Waals surface area contributed by atoms with E-state index in [1.807, 2.05) is 53.6 Å². The fourth-order valence-electron chi connectivity index (χ4n) is 3.67. The zero-order valence-electron chi connectivity index (χ0n) is 18.7. The van der Waals surface area contributed by atoms with E-state index < -0.39 is 6.04 Å². The van der Waals surface area contributed by atoms with Gasteiger partial charge in [-0.05, 0) is 42.7 Å². The van der Waals surface area contributed by atoms with Crippen LogP contribution < -0.4 is 19.7 Å². The van der Waals surface area contributed by atoms with Gasteiger partial charge in [-0.25, -0.2) is 0 Å². The van der Waals surface area contributed by atoms with Crippen LogP contribution in [-0.2, 0) is 9.59 Å². The normalized spacial score (nSPS) is 14.6. The molecule has 3 rings (SSSR count). The van der Waals surface area contributed by atoms with Crippen LogP contribution >= 0.6 is 11.8 Å². The number of carbonyl (C=O) groups is 2. The van der Waals surface area contributed by atoms with Gasteiger partial charge in [-0.3, -0.25) is 9.59 Å². The van der Waals surface area contributed by atoms with Crippen LogP contribution in [0.1, 0.15) is 6.42 Å². The Balaban J connectivity index is 1.55. The lowest BCUT2D eigenvalue weighted by Crippen LogP contribution is -2.55. The van der Waals surface area contributed by atoms with Crippen molar-refractivity contribution in [2.75, 3.05) is 56.8 Å². The van der Waals surface area contributed by atoms with Gasteiger partial charge >= 0.3 is 0 Å². The van der Waals surface area contributed by atoms with Crippen LogP contribution in [0.4, 0.5) is 5.69 Å². The molecule has 0 bridgehead atoms. The molecule has 1 fully saturated rings. The first kappa shape index (κ1) is 23.8. The van der Waals surface area contributed by atoms with E-state index >= 15 is 0 Å². The van der Waals surface area contributed by atoms with E-state index in [1.165, 1.54) is 0 Å². The number of benzene rings is 2. The Morgan fingerprint density at radius 1 is 1.03 bits per heavy atom. The molecule has 0 unspecified atom stereocenters. The molecule has 8 heteroatoms. The first-order valence-electron chi connectivity index (χ1n) is 10.7. The second-order valence-corrected chi connectivity index (χ2v) is 8.47. The number of ether oxygens (including phenoxy) is 2. The Morgan fingerprint density at radius 3 is 2.41 bits per heavy atom. The Bertz CT molecular complexity index is 873. The molecule has 0 spiro atoms. The SMILES string of the molecule is COc1ccccc1N1CCN(C(=O)[C@H](CCSC)NC(=O)COc2ccccc2)CC1. The summed E-state index contributed by atoms with van der Waals surface area (Å²) in [6.45, 7) is 2.51. The molecule has 172 valence electrons. The van der Waals surface area contributed by atoms with Crippen molar-refractivity contribution < 1.29 is 19.1 Å². The smallest absolute Gasteiger partial charge is 0.258 e. The summed E-state index contributed by atoms with van der Waals surface area (Å²) >= 11 is 1.66. The number of thioether (sulfide) groups is 1. The van der Waals surface area contributed by atoms with Gasteiger partial charge in [0.25, 0.3) is 5.91 Å². The van der Waals surface area contributed by atoms with Gasteiger partial charge in [0.15, 0.2) is 6.61 Å². The minimum Gasteiger partial charge on any atom is -0.495 e. The Morgan fingerprint density at radius 2 is 1.72 bits per heavy atom. The first-order valence-corrected chi connectivity index (χ1v) is 12.1. The van der Waals surface area contributed by atoms with E-state index in [1.54, 1.807) is 31.0 Å². The molecule has 1 N–H and O–H groups in total. The Hall–Kier alpha value is -2.87. The van der Waals surface area contributed by atoms with Gasteiger partial charge in [-0.15, -0.1) is 0 Å². The maximum Gasteiger partial charge on any atom is 0.258 e. The van der Waals surface area contributed by atoms with Crippen molar-refractivity contribution in [3.8, 4) is 11.5 Å². The van der Waals surface area contributed by atoms with Crippen LogP contribution in [0, 0.1) is 0 Å². The van der Waals surface area contributed by atoms with Crippen LogP contribution in [0.2, 0.25) is 0 Å². The second-order valence-electron chi connectivity index (χ2n) is 7.49. The van der Waals surface area contributed by atoms with Gasteiger partial charge in [0.05, 0.1) is 12.8 Å². The minimum absolute atomic E-state index is 0.0354. The number of amides is 2. The maximum absolute atomic E-state index is 13.2. The van der Waals surface area contributed by atoms with E-state index in [2.05, 4.69) is 10.2 Å². The minimum atomic E-state index is -0.549. The quantitative estimate of drug-likeness (QED) is 0.592. The number of nitrogens with one attached hydrogen (secondary N) is 1. The first-order chi connectivity index (χ1) is 15.6. The van der Waals surface area contributed by atoms with Gasteiger partial charge in [-0.1, -0.05) is 30.3 Å². The van der Waals surface area contributed by atoms with E-state index in [-0.39, 0.29) is 18.4 Å². The molecule has 2 aromatic carbocycles. The Labute approximate surface area is 194 Å². The predicted molar refractivity (Wildman–Crippen MR) is 129 cm³/mol. The molecule has 1 aliphatic rings. The van der Waals surface area contributed by atoms with Gasteiger partial charge in [0.2, 0.25) is 5.91 Å². The third kappa shape index (κ3) is 6.56. The highest BCUT2D eigenvalue weighted by molar-refractivity contribution is 7.98. The molecule has 0 radical (unpaired) electrons. The number of nitrogens with zero attached hydrogens (tertiary/aromatic N) is 2. The topological polar surface area (TPSA) is 71.1 Å². The standard InChI is InChI=1S/C24H31N3O4S/c1-30-22-11-7-6-10-21(22)26-13-15-27(16-14-26)24(29)20(12-17-32-2)25-23(28)18-31-19-8-4-3-5-9-19/h3-11,20H,12-18H2,1-2H3,(H,25,28)/t20-/m0/s1. The van der Waals surface area contributed by atoms with E-state index in [9.17, 15) is 9.59 Å². The summed E-state index contributed by atoms with van der Waals surface area (Å²) in [4.78, 5) is 29.7. The van der Waals surface area contributed by atoms with Crippen LogP contribution in [0.5, 0.6) is 11.5 Å². The van der Waals surface area contributed by atoms with Gasteiger partial charge < -0.3 is 24.6 Å². The molecule has 1 aliphatic heterocycles. The third-order valence-corrected chi connectivity index (χ3v) is 6.02. The largest absolute Gasteiger partial charge is 0.495 e. The number of anilines is 1. The molecule has 0 aromatic heterocycles. The van der Waals surface area contributed by atoms with Gasteiger partial charge in [-0.2, -0.15) is 11.8 Å². The van der Waals surface area contributed by atoms with Crippen molar-refractivity contribution in [3.05, 3.63) is 54.6 Å². The number of methoxy groups -OCH3 is 1. The lowest BCUT2D eigenvalue weighted by Gasteiger charge is -2.38. The number of piperazine rings is 1. The van der Waals surface area contributed by atoms with Crippen molar-refractivity contribution in [1.82, 2.24) is 10.2 Å². The van der Waals surface area contributed by atoms with Crippen LogP contribution in [0.25, 0.3) is 0 Å². The molecule has 0 saturated carbocycles. The number of rotatable bonds is 10. The summed E-state index contributed by atoms with van der Waals surface area (Å²) in [5.41, 5.74) is 1.03. The Kier molecular flexibility index (Phi) is 9.10. The lowest BCUT2D eigenvalue weighted by atomic mass is 10.1. The van der Waals surface area contributed by atoms with Crippen molar-refractivity contribution in [2.45, 2.75) is 12.5 Å². The molecule has 1 saturated heterocycles. The highest BCUT2D eigenvalue weighted by Gasteiger charge is 2.29. The molecule has 2 aromatic rings. The number of hydrogen-bond donors (Lipinski definition) is 1. The molecule has 32 heavy (non-hydrogen) atoms. The monoisotopic (exact) mass is 457 g/mol. The average molecular weight is 458 g/mol. The van der Waals surface area contributed by atoms with Crippen LogP contribution in [0.15, 0.2) is 54.6 Å². The van der Waals surface area contributed by atoms with Crippen molar-refractivity contribution in [2.24, 2.45) is 0 Å². The summed E-state index contributed by atoms with van der Waals surface area (Å²) in [5, 5.41) is 2.88. The molecule has 7 nitrogen and oxygen atoms in total. The van der Waals surface area contributed by atoms with E-state index in [0.29, 0.717) is 38.3 Å². The zero-order chi connectivity index (χ0) is 22.8. The van der Waals surface area contributed by atoms with Gasteiger partial charge in [0.1, 0.15) is 17.5 Å². The highest BCUT2D eigenvalue weighted by atomic mass is 32.2. The second kappa shape index (κ2) is 12.2. The highest BCUT2D eigenvalue weighted by Crippen LogP contribution is 2.28. The van der Waals surface area contributed by atoms with Crippen molar-refractivity contribution in [3.63, 3.8) is 0 Å². The number of para-hydroxylation sites is 3. The molecule has 1 heterocycles. The number of hydrogen-bond acceptors (Lipinski definition) is 6. The predicted octanol–water partition coefficient (Wildman–Crippen LogP) is 2.66. The summed E-state index contributed by atoms with van der Waals surface area (Å²) in [7, 11) is 1.67. The maximum atomic E-state index is 13.2. The lowest BCUT2D eigenvalue weighted by molar-refractivity contribution is -0.137. The zero-order valence-corrected chi connectivity index (χ0v) is 19.5. The fourth-order valence-corrected chi connectivity index (χ4v) is 4.15. The molecule has 2 amide bonds. The van der Waals surface area contributed by atoms with Crippen molar-refractivity contribution in [1.29, 1.82) is 0 Å². The third-order valence-electron chi connectivity index (χ3n) is 5.37. The molecular weight excluding hydrogens is 426 g/mol. The van der Waals surface area contributed by atoms with E-state index in [0.717, 1.165) is 17.2 Å². The molecular formula is C24H31N3O4S. The summed E-state index contributed by atoms with van der Waals surface area (Å²) in [6, 6.07) is 16.5. The fraction of sp³-hybridized carbons (Fsp3) is 0.417. The average Bonchev–Trinajstić information content (AvgIpc) is 2.85. The molecule has 1 atom stereocenters. The van der Waals surface area contributed by atoms with Crippen LogP contribution in [0.3, 0.4) is 0 Å². The summed E-state index contributed by atoms with van der Waals surface area (Å²) in [5.74, 6) is 1.92. The summed E-state index contributed by atoms with van der Waals surface area (Å²) < 4.78 is 11.0. The van der Waals surface area contributed by atoms with Crippen LogP contribution in [-0.4, -0.2) is 74.7 Å². The van der Waals surface area contributed by atoms with E-state index in [4.69, 9.17) is 9.47 Å². The number of carbonyl (C=O) groups excluding carboxylic acids is 2. The van der Waals surface area contributed by atoms with Gasteiger partial charge in [0, 0.05) is 26.2 Å². The molecule has 0 aliphatic carbocycles.